The molecule has 8 heteroatoms. The second-order valence-corrected chi connectivity index (χ2v) is 11.8. The summed E-state index contributed by atoms with van der Waals surface area (Å²) in [5, 5.41) is 22.3. The molecule has 2 spiro atoms. The molecule has 186 valence electrons. The number of ether oxygens (including phenoxy) is 2. The number of hydrogen-bond acceptors (Lipinski definition) is 6. The zero-order valence-corrected chi connectivity index (χ0v) is 20.5. The van der Waals surface area contributed by atoms with Gasteiger partial charge in [-0.25, -0.2) is 0 Å². The highest BCUT2D eigenvalue weighted by Crippen LogP contribution is 2.77. The number of fused-ring (bicyclic) bond motifs is 2. The molecule has 7 rings (SSSR count). The normalized spacial score (nSPS) is 39.5. The van der Waals surface area contributed by atoms with Crippen molar-refractivity contribution in [3.8, 4) is 11.5 Å². The molecule has 34 heavy (non-hydrogen) atoms. The van der Waals surface area contributed by atoms with Gasteiger partial charge in [0, 0.05) is 48.6 Å². The van der Waals surface area contributed by atoms with Gasteiger partial charge in [0.2, 0.25) is 0 Å². The van der Waals surface area contributed by atoms with Crippen molar-refractivity contribution < 1.29 is 19.7 Å². The highest BCUT2D eigenvalue weighted by atomic mass is 16.6. The summed E-state index contributed by atoms with van der Waals surface area (Å²) in [5.41, 5.74) is 11.9. The number of aromatic hydroxyl groups is 1. The van der Waals surface area contributed by atoms with Gasteiger partial charge in [-0.15, -0.1) is 0 Å². The number of nitrogens with two attached hydrogens (primary N) is 2. The van der Waals surface area contributed by atoms with Crippen molar-refractivity contribution in [2.75, 3.05) is 26.7 Å². The first kappa shape index (κ1) is 22.4. The number of phenolic OH excluding ortho intramolecular Hbond substituents is 1. The van der Waals surface area contributed by atoms with Crippen LogP contribution in [0, 0.1) is 11.3 Å². The first-order chi connectivity index (χ1) is 16.1. The van der Waals surface area contributed by atoms with Gasteiger partial charge in [0.05, 0.1) is 5.60 Å². The first-order valence-corrected chi connectivity index (χ1v) is 12.7. The fourth-order valence-electron chi connectivity index (χ4n) is 9.13. The SMILES string of the molecule is CO[C@]12CC[C@@]3(C[C@@H]1C(C)(C)O)[C@H]1Cc4ccc(O)c5c4[C@@]3(CCN1CCCN=C(N)N)[C@H]2O5. The number of hydrogen-bond donors (Lipinski definition) is 4. The van der Waals surface area contributed by atoms with Crippen LogP contribution in [0.3, 0.4) is 0 Å². The molecular formula is C26H38N4O4. The number of likely N-dealkylation sites (tertiary alicyclic amines) is 1. The van der Waals surface area contributed by atoms with Crippen molar-refractivity contribution in [3.63, 3.8) is 0 Å². The molecule has 1 aromatic carbocycles. The van der Waals surface area contributed by atoms with Crippen LogP contribution < -0.4 is 16.2 Å². The largest absolute Gasteiger partial charge is 0.504 e. The van der Waals surface area contributed by atoms with Crippen molar-refractivity contribution in [2.45, 2.75) is 81.1 Å². The number of guanidine groups is 1. The molecule has 6 N–H and O–H groups in total. The number of piperidine rings is 1. The molecule has 6 atom stereocenters. The predicted molar refractivity (Wildman–Crippen MR) is 129 cm³/mol. The minimum absolute atomic E-state index is 0.0386. The van der Waals surface area contributed by atoms with Crippen LogP contribution in [0.4, 0.5) is 0 Å². The van der Waals surface area contributed by atoms with Crippen LogP contribution in [0.25, 0.3) is 0 Å². The van der Waals surface area contributed by atoms with Gasteiger partial charge in [0.1, 0.15) is 11.7 Å². The summed E-state index contributed by atoms with van der Waals surface area (Å²) in [4.78, 5) is 6.84. The number of benzene rings is 1. The molecule has 0 unspecified atom stereocenters. The minimum Gasteiger partial charge on any atom is -0.504 e. The third-order valence-electron chi connectivity index (χ3n) is 10.2. The smallest absolute Gasteiger partial charge is 0.185 e. The Hall–Kier alpha value is -2.03. The quantitative estimate of drug-likeness (QED) is 0.283. The summed E-state index contributed by atoms with van der Waals surface area (Å²) in [7, 11) is 1.78. The van der Waals surface area contributed by atoms with E-state index in [-0.39, 0.29) is 34.6 Å². The Balaban J connectivity index is 1.50. The van der Waals surface area contributed by atoms with E-state index in [2.05, 4.69) is 16.0 Å². The van der Waals surface area contributed by atoms with E-state index >= 15 is 0 Å². The Morgan fingerprint density at radius 3 is 2.79 bits per heavy atom. The number of nitrogens with zero attached hydrogens (tertiary/aromatic N) is 2. The fraction of sp³-hybridized carbons (Fsp3) is 0.731. The second-order valence-electron chi connectivity index (χ2n) is 11.8. The van der Waals surface area contributed by atoms with Gasteiger partial charge in [-0.05, 0) is 70.5 Å². The van der Waals surface area contributed by atoms with E-state index in [0.717, 1.165) is 51.6 Å². The zero-order chi connectivity index (χ0) is 24.1. The van der Waals surface area contributed by atoms with Crippen LogP contribution in [-0.2, 0) is 16.6 Å². The monoisotopic (exact) mass is 470 g/mol. The average molecular weight is 471 g/mol. The van der Waals surface area contributed by atoms with Gasteiger partial charge in [-0.3, -0.25) is 9.89 Å². The van der Waals surface area contributed by atoms with Crippen LogP contribution in [-0.4, -0.2) is 71.2 Å². The van der Waals surface area contributed by atoms with Gasteiger partial charge >= 0.3 is 0 Å². The van der Waals surface area contributed by atoms with Crippen LogP contribution in [0.1, 0.15) is 57.1 Å². The first-order valence-electron chi connectivity index (χ1n) is 12.7. The lowest BCUT2D eigenvalue weighted by atomic mass is 9.34. The third kappa shape index (κ3) is 2.52. The molecule has 6 aliphatic rings. The number of rotatable bonds is 6. The molecule has 0 radical (unpaired) electrons. The highest BCUT2D eigenvalue weighted by Gasteiger charge is 2.81. The van der Waals surface area contributed by atoms with Crippen LogP contribution in [0.15, 0.2) is 17.1 Å². The van der Waals surface area contributed by atoms with Crippen LogP contribution >= 0.6 is 0 Å². The molecule has 1 saturated heterocycles. The Labute approximate surface area is 201 Å². The molecule has 8 nitrogen and oxygen atoms in total. The Bertz CT molecular complexity index is 1050. The van der Waals surface area contributed by atoms with Crippen LogP contribution in [0.5, 0.6) is 11.5 Å². The molecule has 0 amide bonds. The van der Waals surface area contributed by atoms with Crippen molar-refractivity contribution in [1.82, 2.24) is 4.90 Å². The molecule has 3 saturated carbocycles. The number of aliphatic imine (C=N–C) groups is 1. The van der Waals surface area contributed by atoms with Crippen molar-refractivity contribution >= 4 is 5.96 Å². The maximum absolute atomic E-state index is 11.4. The molecule has 2 heterocycles. The second kappa shape index (κ2) is 7.02. The molecule has 4 bridgehead atoms. The summed E-state index contributed by atoms with van der Waals surface area (Å²) in [6.07, 6.45) is 5.38. The summed E-state index contributed by atoms with van der Waals surface area (Å²) in [6, 6.07) is 4.22. The fourth-order valence-corrected chi connectivity index (χ4v) is 9.13. The Kier molecular flexibility index (Phi) is 4.63. The third-order valence-corrected chi connectivity index (χ3v) is 10.2. The molecule has 0 aromatic heterocycles. The molecular weight excluding hydrogens is 432 g/mol. The summed E-state index contributed by atoms with van der Waals surface area (Å²) >= 11 is 0. The molecule has 1 aromatic rings. The summed E-state index contributed by atoms with van der Waals surface area (Å²) < 4.78 is 13.2. The minimum atomic E-state index is -0.905. The summed E-state index contributed by atoms with van der Waals surface area (Å²) in [6.45, 7) is 6.37. The zero-order valence-electron chi connectivity index (χ0n) is 20.5. The van der Waals surface area contributed by atoms with Gasteiger partial charge in [0.15, 0.2) is 17.5 Å². The Morgan fingerprint density at radius 2 is 2.09 bits per heavy atom. The molecule has 2 aliphatic heterocycles. The number of aliphatic hydroxyl groups is 1. The van der Waals surface area contributed by atoms with E-state index in [9.17, 15) is 10.2 Å². The lowest BCUT2D eigenvalue weighted by Gasteiger charge is -2.74. The van der Waals surface area contributed by atoms with Gasteiger partial charge < -0.3 is 31.2 Å². The lowest BCUT2D eigenvalue weighted by Crippen LogP contribution is -2.82. The van der Waals surface area contributed by atoms with E-state index in [1.807, 2.05) is 13.8 Å². The topological polar surface area (TPSA) is 127 Å². The van der Waals surface area contributed by atoms with Crippen LogP contribution in [0.2, 0.25) is 0 Å². The number of phenols is 1. The average Bonchev–Trinajstić information content (AvgIpc) is 3.16. The van der Waals surface area contributed by atoms with Crippen molar-refractivity contribution in [3.05, 3.63) is 23.3 Å². The summed E-state index contributed by atoms with van der Waals surface area (Å²) in [5.74, 6) is 0.969. The van der Waals surface area contributed by atoms with Gasteiger partial charge in [-0.2, -0.15) is 0 Å². The predicted octanol–water partition coefficient (Wildman–Crippen LogP) is 1.64. The van der Waals surface area contributed by atoms with Crippen molar-refractivity contribution in [2.24, 2.45) is 27.8 Å². The van der Waals surface area contributed by atoms with Crippen molar-refractivity contribution in [1.29, 1.82) is 0 Å². The van der Waals surface area contributed by atoms with E-state index in [1.165, 1.54) is 11.1 Å². The standard InChI is InChI=1S/C26H38N4O4/c1-23(2,32)17-14-24-7-8-26(17,33-3)21-25(24)9-12-30(11-4-10-29-22(27)28)18(24)13-15-5-6-16(31)20(34-21)19(15)25/h5-6,17-18,21,31-32H,4,7-14H2,1-3H3,(H4,27,28,29)/t17-,18-,21-,24-,25+,26-/m1/s1. The maximum atomic E-state index is 11.4. The maximum Gasteiger partial charge on any atom is 0.185 e. The van der Waals surface area contributed by atoms with E-state index < -0.39 is 11.2 Å². The van der Waals surface area contributed by atoms with Gasteiger partial charge in [0.25, 0.3) is 0 Å². The molecule has 4 aliphatic carbocycles. The number of methoxy groups -OCH3 is 1. The van der Waals surface area contributed by atoms with E-state index in [0.29, 0.717) is 18.3 Å². The molecule has 4 fully saturated rings. The van der Waals surface area contributed by atoms with E-state index in [1.54, 1.807) is 13.2 Å². The van der Waals surface area contributed by atoms with Gasteiger partial charge in [-0.1, -0.05) is 6.07 Å². The lowest BCUT2D eigenvalue weighted by molar-refractivity contribution is -0.300. The Morgan fingerprint density at radius 1 is 1.29 bits per heavy atom. The highest BCUT2D eigenvalue weighted by molar-refractivity contribution is 5.75. The van der Waals surface area contributed by atoms with E-state index in [4.69, 9.17) is 20.9 Å².